The second-order valence-corrected chi connectivity index (χ2v) is 5.38. The molecule has 4 N–H and O–H groups in total. The maximum atomic E-state index is 9.81. The van der Waals surface area contributed by atoms with Crippen molar-refractivity contribution < 1.29 is 10.2 Å². The third-order valence-corrected chi connectivity index (χ3v) is 3.92. The van der Waals surface area contributed by atoms with Gasteiger partial charge in [0, 0.05) is 25.2 Å². The SMILES string of the molecule is Cc1nn(-c2ccccc2)c(N2CC(O)C(O)C2)c1CN. The molecule has 6 nitrogen and oxygen atoms in total. The highest BCUT2D eigenvalue weighted by molar-refractivity contribution is 5.56. The number of hydrogen-bond acceptors (Lipinski definition) is 5. The predicted octanol–water partition coefficient (Wildman–Crippen LogP) is 0.181. The zero-order valence-corrected chi connectivity index (χ0v) is 12.0. The van der Waals surface area contributed by atoms with Crippen molar-refractivity contribution in [3.05, 3.63) is 41.6 Å². The zero-order chi connectivity index (χ0) is 15.0. The van der Waals surface area contributed by atoms with Gasteiger partial charge < -0.3 is 20.8 Å². The second-order valence-electron chi connectivity index (χ2n) is 5.38. The molecule has 3 rings (SSSR count). The quantitative estimate of drug-likeness (QED) is 0.750. The van der Waals surface area contributed by atoms with E-state index < -0.39 is 12.2 Å². The summed E-state index contributed by atoms with van der Waals surface area (Å²) in [6, 6.07) is 9.79. The van der Waals surface area contributed by atoms with Gasteiger partial charge in [0.25, 0.3) is 0 Å². The van der Waals surface area contributed by atoms with Crippen molar-refractivity contribution in [1.82, 2.24) is 9.78 Å². The molecular weight excluding hydrogens is 268 g/mol. The minimum absolute atomic E-state index is 0.372. The lowest BCUT2D eigenvalue weighted by molar-refractivity contribution is 0.0572. The lowest BCUT2D eigenvalue weighted by Crippen LogP contribution is -2.25. The van der Waals surface area contributed by atoms with Crippen LogP contribution in [0.25, 0.3) is 5.69 Å². The van der Waals surface area contributed by atoms with Gasteiger partial charge >= 0.3 is 0 Å². The zero-order valence-electron chi connectivity index (χ0n) is 12.0. The van der Waals surface area contributed by atoms with Crippen LogP contribution in [0.4, 0.5) is 5.82 Å². The maximum absolute atomic E-state index is 9.81. The first-order chi connectivity index (χ1) is 10.1. The van der Waals surface area contributed by atoms with Crippen LogP contribution < -0.4 is 10.6 Å². The number of β-amino-alcohol motifs (C(OH)–C–C–N with tert-alkyl or cyclic N) is 2. The minimum atomic E-state index is -0.741. The average Bonchev–Trinajstić information content (AvgIpc) is 3.00. The lowest BCUT2D eigenvalue weighted by atomic mass is 10.2. The topological polar surface area (TPSA) is 87.5 Å². The molecular formula is C15H20N4O2. The number of nitrogens with two attached hydrogens (primary N) is 1. The van der Waals surface area contributed by atoms with Gasteiger partial charge in [0.05, 0.1) is 23.6 Å². The number of aliphatic hydroxyl groups excluding tert-OH is 2. The number of aliphatic hydroxyl groups is 2. The van der Waals surface area contributed by atoms with Crippen LogP contribution in [-0.4, -0.2) is 45.3 Å². The van der Waals surface area contributed by atoms with Crippen LogP contribution in [0, 0.1) is 6.92 Å². The summed E-state index contributed by atoms with van der Waals surface area (Å²) in [5.41, 5.74) is 8.62. The Morgan fingerprint density at radius 1 is 1.19 bits per heavy atom. The van der Waals surface area contributed by atoms with Gasteiger partial charge in [0.1, 0.15) is 5.82 Å². The van der Waals surface area contributed by atoms with E-state index in [-0.39, 0.29) is 0 Å². The van der Waals surface area contributed by atoms with Gasteiger partial charge in [-0.25, -0.2) is 4.68 Å². The molecule has 1 aliphatic rings. The van der Waals surface area contributed by atoms with Gasteiger partial charge in [-0.1, -0.05) is 18.2 Å². The summed E-state index contributed by atoms with van der Waals surface area (Å²) in [6.45, 7) is 3.06. The van der Waals surface area contributed by atoms with Crippen LogP contribution in [0.15, 0.2) is 30.3 Å². The molecule has 2 unspecified atom stereocenters. The van der Waals surface area contributed by atoms with Crippen LogP contribution in [0.2, 0.25) is 0 Å². The van der Waals surface area contributed by atoms with Crippen molar-refractivity contribution in [2.45, 2.75) is 25.7 Å². The molecule has 1 aromatic carbocycles. The molecule has 0 radical (unpaired) electrons. The van der Waals surface area contributed by atoms with Crippen LogP contribution in [-0.2, 0) is 6.54 Å². The summed E-state index contributed by atoms with van der Waals surface area (Å²) in [5, 5.41) is 24.2. The molecule has 6 heteroatoms. The van der Waals surface area contributed by atoms with Gasteiger partial charge in [-0.05, 0) is 19.1 Å². The normalized spacial score (nSPS) is 22.0. The van der Waals surface area contributed by atoms with Crippen LogP contribution >= 0.6 is 0 Å². The van der Waals surface area contributed by atoms with E-state index in [2.05, 4.69) is 5.10 Å². The van der Waals surface area contributed by atoms with Gasteiger partial charge in [0.2, 0.25) is 0 Å². The molecule has 1 aromatic heterocycles. The minimum Gasteiger partial charge on any atom is -0.389 e. The van der Waals surface area contributed by atoms with Gasteiger partial charge in [-0.3, -0.25) is 0 Å². The maximum Gasteiger partial charge on any atom is 0.137 e. The van der Waals surface area contributed by atoms with Gasteiger partial charge in [-0.15, -0.1) is 0 Å². The van der Waals surface area contributed by atoms with E-state index in [4.69, 9.17) is 5.73 Å². The van der Waals surface area contributed by atoms with Crippen LogP contribution in [0.3, 0.4) is 0 Å². The number of aromatic nitrogens is 2. The highest BCUT2D eigenvalue weighted by Gasteiger charge is 2.33. The smallest absolute Gasteiger partial charge is 0.137 e. The molecule has 2 atom stereocenters. The van der Waals surface area contributed by atoms with Crippen LogP contribution in [0.1, 0.15) is 11.3 Å². The Bertz CT molecular complexity index is 616. The van der Waals surface area contributed by atoms with Gasteiger partial charge in [-0.2, -0.15) is 5.10 Å². The Labute approximate surface area is 123 Å². The number of nitrogens with zero attached hydrogens (tertiary/aromatic N) is 3. The summed E-state index contributed by atoms with van der Waals surface area (Å²) in [4.78, 5) is 1.95. The van der Waals surface area contributed by atoms with E-state index in [9.17, 15) is 10.2 Å². The van der Waals surface area contributed by atoms with Gasteiger partial charge in [0.15, 0.2) is 0 Å². The first-order valence-corrected chi connectivity index (χ1v) is 7.07. The molecule has 1 fully saturated rings. The molecule has 0 bridgehead atoms. The molecule has 1 aliphatic heterocycles. The van der Waals surface area contributed by atoms with Crippen molar-refractivity contribution in [2.75, 3.05) is 18.0 Å². The first-order valence-electron chi connectivity index (χ1n) is 7.07. The van der Waals surface area contributed by atoms with Crippen molar-refractivity contribution in [3.63, 3.8) is 0 Å². The molecule has 21 heavy (non-hydrogen) atoms. The molecule has 0 amide bonds. The summed E-state index contributed by atoms with van der Waals surface area (Å²) in [7, 11) is 0. The Balaban J connectivity index is 2.09. The average molecular weight is 288 g/mol. The molecule has 2 heterocycles. The van der Waals surface area contributed by atoms with Crippen molar-refractivity contribution in [1.29, 1.82) is 0 Å². The second kappa shape index (κ2) is 5.48. The summed E-state index contributed by atoms with van der Waals surface area (Å²) in [6.07, 6.45) is -1.48. The fraction of sp³-hybridized carbons (Fsp3) is 0.400. The Morgan fingerprint density at radius 2 is 1.81 bits per heavy atom. The van der Waals surface area contributed by atoms with Crippen molar-refractivity contribution >= 4 is 5.82 Å². The first kappa shape index (κ1) is 14.1. The highest BCUT2D eigenvalue weighted by atomic mass is 16.3. The third-order valence-electron chi connectivity index (χ3n) is 3.92. The van der Waals surface area contributed by atoms with E-state index in [1.807, 2.05) is 46.8 Å². The van der Waals surface area contributed by atoms with E-state index in [1.165, 1.54) is 0 Å². The number of aryl methyl sites for hydroxylation is 1. The third kappa shape index (κ3) is 2.42. The van der Waals surface area contributed by atoms with Crippen LogP contribution in [0.5, 0.6) is 0 Å². The summed E-state index contributed by atoms with van der Waals surface area (Å²) >= 11 is 0. The monoisotopic (exact) mass is 288 g/mol. The molecule has 1 saturated heterocycles. The Morgan fingerprint density at radius 3 is 2.38 bits per heavy atom. The summed E-state index contributed by atoms with van der Waals surface area (Å²) in [5.74, 6) is 0.858. The fourth-order valence-corrected chi connectivity index (χ4v) is 2.80. The molecule has 0 spiro atoms. The van der Waals surface area contributed by atoms with E-state index in [0.717, 1.165) is 22.8 Å². The van der Waals surface area contributed by atoms with Crippen molar-refractivity contribution in [2.24, 2.45) is 5.73 Å². The molecule has 112 valence electrons. The highest BCUT2D eigenvalue weighted by Crippen LogP contribution is 2.29. The number of benzene rings is 1. The predicted molar refractivity (Wildman–Crippen MR) is 80.4 cm³/mol. The molecule has 2 aromatic rings. The standard InChI is InChI=1S/C15H20N4O2/c1-10-12(7-16)15(18-8-13(20)14(21)9-18)19(17-10)11-5-3-2-4-6-11/h2-6,13-14,20-21H,7-9,16H2,1H3. The fourth-order valence-electron chi connectivity index (χ4n) is 2.80. The Hall–Kier alpha value is -1.89. The summed E-state index contributed by atoms with van der Waals surface area (Å²) < 4.78 is 1.84. The number of hydrogen-bond donors (Lipinski definition) is 3. The van der Waals surface area contributed by atoms with Crippen molar-refractivity contribution in [3.8, 4) is 5.69 Å². The molecule has 0 aliphatic carbocycles. The largest absolute Gasteiger partial charge is 0.389 e. The number of rotatable bonds is 3. The lowest BCUT2D eigenvalue weighted by Gasteiger charge is -2.21. The van der Waals surface area contributed by atoms with E-state index in [0.29, 0.717) is 19.6 Å². The van der Waals surface area contributed by atoms with E-state index >= 15 is 0 Å². The Kier molecular flexibility index (Phi) is 3.67. The number of para-hydroxylation sites is 1. The molecule has 0 saturated carbocycles. The van der Waals surface area contributed by atoms with E-state index in [1.54, 1.807) is 0 Å². The number of anilines is 1.